The summed E-state index contributed by atoms with van der Waals surface area (Å²) in [6.45, 7) is 6.65. The Morgan fingerprint density at radius 3 is 0.958 bits per heavy atom. The fourth-order valence-electron chi connectivity index (χ4n) is 1.36. The Morgan fingerprint density at radius 1 is 0.458 bits per heavy atom. The summed E-state index contributed by atoms with van der Waals surface area (Å²) < 4.78 is 18.5. The van der Waals surface area contributed by atoms with Crippen LogP contribution in [0.2, 0.25) is 0 Å². The minimum absolute atomic E-state index is 0.134. The molecular weight excluding hydrogens is 320 g/mol. The molecule has 0 fully saturated rings. The third-order valence-corrected chi connectivity index (χ3v) is 2.34. The monoisotopic (exact) mass is 348 g/mol. The molecule has 0 heterocycles. The molecule has 0 atom stereocenters. The maximum atomic E-state index is 10.4. The second kappa shape index (κ2) is 17.2. The molecule has 140 valence electrons. The highest BCUT2D eigenvalue weighted by Crippen LogP contribution is 2.00. The molecular formula is C16H28O8. The number of ether oxygens (including phenoxy) is 4. The molecule has 8 heteroatoms. The Balaban J connectivity index is 0. The Kier molecular flexibility index (Phi) is 17.3. The van der Waals surface area contributed by atoms with Crippen LogP contribution in [0.15, 0.2) is 0 Å². The minimum atomic E-state index is -0.368. The van der Waals surface area contributed by atoms with Crippen molar-refractivity contribution in [3.8, 4) is 0 Å². The van der Waals surface area contributed by atoms with Crippen LogP contribution in [0.4, 0.5) is 0 Å². The molecule has 24 heavy (non-hydrogen) atoms. The molecule has 0 aromatic carbocycles. The molecule has 0 aromatic heterocycles. The van der Waals surface area contributed by atoms with Crippen LogP contribution in [-0.2, 0) is 38.1 Å². The molecule has 0 aromatic rings. The van der Waals surface area contributed by atoms with Gasteiger partial charge in [0.2, 0.25) is 0 Å². The van der Waals surface area contributed by atoms with E-state index >= 15 is 0 Å². The Morgan fingerprint density at radius 2 is 0.708 bits per heavy atom. The topological polar surface area (TPSA) is 105 Å². The molecule has 8 nitrogen and oxygen atoms in total. The van der Waals surface area contributed by atoms with Crippen molar-refractivity contribution in [2.45, 2.75) is 53.4 Å². The fraction of sp³-hybridized carbons (Fsp3) is 0.750. The van der Waals surface area contributed by atoms with Gasteiger partial charge in [-0.3, -0.25) is 19.2 Å². The molecule has 0 saturated heterocycles. The summed E-state index contributed by atoms with van der Waals surface area (Å²) in [7, 11) is 0. The lowest BCUT2D eigenvalue weighted by atomic mass is 10.2. The largest absolute Gasteiger partial charge is 0.466 e. The third-order valence-electron chi connectivity index (χ3n) is 2.34. The predicted molar refractivity (Wildman–Crippen MR) is 85.0 cm³/mol. The van der Waals surface area contributed by atoms with Gasteiger partial charge in [-0.05, 0) is 25.7 Å². The van der Waals surface area contributed by atoms with E-state index in [1.165, 1.54) is 27.7 Å². The Hall–Kier alpha value is -2.12. The molecule has 0 spiro atoms. The van der Waals surface area contributed by atoms with Gasteiger partial charge < -0.3 is 18.9 Å². The van der Waals surface area contributed by atoms with E-state index < -0.39 is 0 Å². The zero-order valence-electron chi connectivity index (χ0n) is 14.9. The van der Waals surface area contributed by atoms with Gasteiger partial charge in [-0.2, -0.15) is 0 Å². The van der Waals surface area contributed by atoms with Gasteiger partial charge in [0.15, 0.2) is 0 Å². The standard InChI is InChI=1S/C10H18O4.C6H10O4/c1-9(11)13-7-5-3-4-6-8-14-10(2)12;1-5(7)9-3-4-10-6(2)8/h3-8H2,1-2H3;3-4H2,1-2H3. The van der Waals surface area contributed by atoms with Crippen LogP contribution >= 0.6 is 0 Å². The number of hydrogen-bond acceptors (Lipinski definition) is 8. The third kappa shape index (κ3) is 28.1. The molecule has 0 saturated carbocycles. The number of esters is 4. The lowest BCUT2D eigenvalue weighted by Crippen LogP contribution is -2.09. The van der Waals surface area contributed by atoms with Crippen molar-refractivity contribution in [2.24, 2.45) is 0 Å². The second-order valence-electron chi connectivity index (χ2n) is 4.77. The summed E-state index contributed by atoms with van der Waals surface area (Å²) in [4.78, 5) is 41.0. The summed E-state index contributed by atoms with van der Waals surface area (Å²) in [6, 6.07) is 0. The molecule has 0 bridgehead atoms. The van der Waals surface area contributed by atoms with E-state index in [-0.39, 0.29) is 37.1 Å². The molecule has 0 N–H and O–H groups in total. The van der Waals surface area contributed by atoms with E-state index in [1.54, 1.807) is 0 Å². The van der Waals surface area contributed by atoms with E-state index in [0.29, 0.717) is 13.2 Å². The van der Waals surface area contributed by atoms with Gasteiger partial charge >= 0.3 is 23.9 Å². The van der Waals surface area contributed by atoms with Crippen LogP contribution in [0.3, 0.4) is 0 Å². The number of carbonyl (C=O) groups excluding carboxylic acids is 4. The zero-order chi connectivity index (χ0) is 18.8. The first-order valence-electron chi connectivity index (χ1n) is 7.79. The van der Waals surface area contributed by atoms with Crippen LogP contribution in [-0.4, -0.2) is 50.3 Å². The summed E-state index contributed by atoms with van der Waals surface area (Å²) >= 11 is 0. The zero-order valence-corrected chi connectivity index (χ0v) is 14.9. The van der Waals surface area contributed by atoms with Gasteiger partial charge in [0.05, 0.1) is 13.2 Å². The lowest BCUT2D eigenvalue weighted by molar-refractivity contribution is -0.149. The normalized spacial score (nSPS) is 9.17. The van der Waals surface area contributed by atoms with Crippen molar-refractivity contribution in [3.05, 3.63) is 0 Å². The molecule has 0 aliphatic carbocycles. The molecule has 0 aliphatic rings. The van der Waals surface area contributed by atoms with Crippen LogP contribution in [0.25, 0.3) is 0 Å². The van der Waals surface area contributed by atoms with Crippen LogP contribution in [0, 0.1) is 0 Å². The van der Waals surface area contributed by atoms with Gasteiger partial charge in [0, 0.05) is 27.7 Å². The first-order chi connectivity index (χ1) is 11.3. The van der Waals surface area contributed by atoms with E-state index in [4.69, 9.17) is 9.47 Å². The van der Waals surface area contributed by atoms with Crippen LogP contribution in [0.1, 0.15) is 53.4 Å². The van der Waals surface area contributed by atoms with Crippen molar-refractivity contribution in [1.82, 2.24) is 0 Å². The summed E-state index contributed by atoms with van der Waals surface area (Å²) in [6.07, 6.45) is 3.74. The van der Waals surface area contributed by atoms with E-state index in [9.17, 15) is 19.2 Å². The molecule has 0 amide bonds. The van der Waals surface area contributed by atoms with Crippen LogP contribution in [0.5, 0.6) is 0 Å². The summed E-state index contributed by atoms with van der Waals surface area (Å²) in [5.41, 5.74) is 0. The molecule has 0 radical (unpaired) electrons. The van der Waals surface area contributed by atoms with Gasteiger partial charge in [-0.1, -0.05) is 0 Å². The maximum Gasteiger partial charge on any atom is 0.302 e. The quantitative estimate of drug-likeness (QED) is 0.334. The van der Waals surface area contributed by atoms with Crippen molar-refractivity contribution in [2.75, 3.05) is 26.4 Å². The highest BCUT2D eigenvalue weighted by atomic mass is 16.6. The highest BCUT2D eigenvalue weighted by molar-refractivity contribution is 5.67. The minimum Gasteiger partial charge on any atom is -0.466 e. The van der Waals surface area contributed by atoms with Crippen LogP contribution < -0.4 is 0 Å². The lowest BCUT2D eigenvalue weighted by Gasteiger charge is -2.02. The molecule has 0 unspecified atom stereocenters. The van der Waals surface area contributed by atoms with Crippen molar-refractivity contribution >= 4 is 23.9 Å². The van der Waals surface area contributed by atoms with Gasteiger partial charge in [-0.15, -0.1) is 0 Å². The smallest absolute Gasteiger partial charge is 0.302 e. The van der Waals surface area contributed by atoms with E-state index in [0.717, 1.165) is 25.7 Å². The fourth-order valence-corrected chi connectivity index (χ4v) is 1.36. The Labute approximate surface area is 142 Å². The first kappa shape index (κ1) is 24.1. The number of rotatable bonds is 10. The summed E-state index contributed by atoms with van der Waals surface area (Å²) in [5.74, 6) is -1.20. The van der Waals surface area contributed by atoms with Crippen molar-refractivity contribution in [1.29, 1.82) is 0 Å². The van der Waals surface area contributed by atoms with Crippen molar-refractivity contribution in [3.63, 3.8) is 0 Å². The highest BCUT2D eigenvalue weighted by Gasteiger charge is 1.95. The van der Waals surface area contributed by atoms with Gasteiger partial charge in [0.1, 0.15) is 13.2 Å². The first-order valence-corrected chi connectivity index (χ1v) is 7.79. The average Bonchev–Trinajstić information content (AvgIpc) is 2.46. The average molecular weight is 348 g/mol. The maximum absolute atomic E-state index is 10.4. The number of unbranched alkanes of at least 4 members (excludes halogenated alkanes) is 3. The van der Waals surface area contributed by atoms with Gasteiger partial charge in [-0.25, -0.2) is 0 Å². The molecule has 0 rings (SSSR count). The molecule has 0 aliphatic heterocycles. The Bertz CT molecular complexity index is 342. The second-order valence-corrected chi connectivity index (χ2v) is 4.77. The van der Waals surface area contributed by atoms with Gasteiger partial charge in [0.25, 0.3) is 0 Å². The summed E-state index contributed by atoms with van der Waals surface area (Å²) in [5, 5.41) is 0. The number of hydrogen-bond donors (Lipinski definition) is 0. The number of carbonyl (C=O) groups is 4. The van der Waals surface area contributed by atoms with E-state index in [2.05, 4.69) is 9.47 Å². The predicted octanol–water partition coefficient (Wildman–Crippen LogP) is 1.79. The van der Waals surface area contributed by atoms with E-state index in [1.807, 2.05) is 0 Å². The SMILES string of the molecule is CC(=O)OCCCCCCOC(C)=O.CC(=O)OCCOC(C)=O. The van der Waals surface area contributed by atoms with Crippen molar-refractivity contribution < 1.29 is 38.1 Å².